The number of hydrogen-bond donors (Lipinski definition) is 2. The summed E-state index contributed by atoms with van der Waals surface area (Å²) in [5.74, 6) is 0. The van der Waals surface area contributed by atoms with Gasteiger partial charge in [-0.15, -0.1) is 0 Å². The fraction of sp³-hybridized carbons (Fsp3) is 1.00. The second-order valence-electron chi connectivity index (χ2n) is 4.56. The number of hydrogen-bond acceptors (Lipinski definition) is 2. The first-order valence-corrected chi connectivity index (χ1v) is 6.36. The van der Waals surface area contributed by atoms with Crippen LogP contribution in [0.2, 0.25) is 0 Å². The summed E-state index contributed by atoms with van der Waals surface area (Å²) in [6.07, 6.45) is 12.9. The van der Waals surface area contributed by atoms with E-state index in [1.165, 1.54) is 57.8 Å². The van der Waals surface area contributed by atoms with Gasteiger partial charge in [-0.1, -0.05) is 58.3 Å². The van der Waals surface area contributed by atoms with E-state index in [0.717, 1.165) is 0 Å². The number of nitrogens with one attached hydrogen (secondary N) is 1. The Bertz CT molecular complexity index is 136. The van der Waals surface area contributed by atoms with E-state index in [9.17, 15) is 0 Å². The van der Waals surface area contributed by atoms with Gasteiger partial charge in [-0.3, -0.25) is 5.32 Å². The second-order valence-corrected chi connectivity index (χ2v) is 4.56. The smallest absolute Gasteiger partial charge is 0.0708 e. The van der Waals surface area contributed by atoms with Crippen molar-refractivity contribution in [3.05, 3.63) is 0 Å². The Balaban J connectivity index is 1.68. The summed E-state index contributed by atoms with van der Waals surface area (Å²) in [6, 6.07) is 0.648. The zero-order valence-corrected chi connectivity index (χ0v) is 9.60. The van der Waals surface area contributed by atoms with Crippen molar-refractivity contribution in [1.29, 1.82) is 0 Å². The molecule has 1 fully saturated rings. The van der Waals surface area contributed by atoms with Gasteiger partial charge in [-0.25, -0.2) is 0 Å². The highest BCUT2D eigenvalue weighted by Gasteiger charge is 2.30. The fourth-order valence-corrected chi connectivity index (χ4v) is 1.95. The highest BCUT2D eigenvalue weighted by molar-refractivity contribution is 4.92. The molecule has 0 spiro atoms. The molecule has 2 heteroatoms. The zero-order valence-electron chi connectivity index (χ0n) is 9.60. The molecule has 0 aliphatic carbocycles. The molecule has 0 radical (unpaired) electrons. The Hall–Kier alpha value is -0.0800. The molecule has 0 amide bonds. The molecule has 0 aromatic carbocycles. The van der Waals surface area contributed by atoms with Gasteiger partial charge in [-0.2, -0.15) is 0 Å². The van der Waals surface area contributed by atoms with Gasteiger partial charge < -0.3 is 5.73 Å². The van der Waals surface area contributed by atoms with Gasteiger partial charge >= 0.3 is 0 Å². The van der Waals surface area contributed by atoms with Crippen LogP contribution >= 0.6 is 0 Å². The summed E-state index contributed by atoms with van der Waals surface area (Å²) >= 11 is 0. The molecule has 2 unspecified atom stereocenters. The minimum absolute atomic E-state index is 0.319. The van der Waals surface area contributed by atoms with Crippen molar-refractivity contribution < 1.29 is 0 Å². The van der Waals surface area contributed by atoms with Crippen molar-refractivity contribution in [2.75, 3.05) is 0 Å². The van der Waals surface area contributed by atoms with E-state index < -0.39 is 0 Å². The maximum Gasteiger partial charge on any atom is 0.0708 e. The Morgan fingerprint density at radius 2 is 1.43 bits per heavy atom. The highest BCUT2D eigenvalue weighted by atomic mass is 15.2. The summed E-state index contributed by atoms with van der Waals surface area (Å²) in [7, 11) is 0. The lowest BCUT2D eigenvalue weighted by Gasteiger charge is -2.00. The minimum Gasteiger partial charge on any atom is -0.315 e. The molecule has 0 aromatic rings. The van der Waals surface area contributed by atoms with E-state index in [1.54, 1.807) is 0 Å². The van der Waals surface area contributed by atoms with Gasteiger partial charge in [0.15, 0.2) is 0 Å². The molecule has 14 heavy (non-hydrogen) atoms. The van der Waals surface area contributed by atoms with Crippen LogP contribution in [-0.2, 0) is 0 Å². The molecular weight excluding hydrogens is 172 g/mol. The van der Waals surface area contributed by atoms with Crippen molar-refractivity contribution in [2.45, 2.75) is 76.9 Å². The highest BCUT2D eigenvalue weighted by Crippen LogP contribution is 2.15. The van der Waals surface area contributed by atoms with E-state index in [-0.39, 0.29) is 0 Å². The van der Waals surface area contributed by atoms with Gasteiger partial charge in [0, 0.05) is 6.04 Å². The predicted octanol–water partition coefficient (Wildman–Crippen LogP) is 2.77. The Kier molecular flexibility index (Phi) is 6.20. The van der Waals surface area contributed by atoms with Crippen LogP contribution in [0.1, 0.15) is 64.7 Å². The summed E-state index contributed by atoms with van der Waals surface area (Å²) in [6.45, 7) is 2.27. The van der Waals surface area contributed by atoms with Crippen LogP contribution in [0.15, 0.2) is 0 Å². The van der Waals surface area contributed by atoms with E-state index in [0.29, 0.717) is 12.2 Å². The molecule has 1 saturated heterocycles. The molecule has 84 valence electrons. The topological polar surface area (TPSA) is 48.0 Å². The average Bonchev–Trinajstić information content (AvgIpc) is 2.87. The standard InChI is InChI=1S/C12H26N2/c1-2-3-4-5-6-7-8-9-10-11-12(13)14-11/h11-12,14H,2-10,13H2,1H3. The zero-order chi connectivity index (χ0) is 10.2. The largest absolute Gasteiger partial charge is 0.315 e. The Morgan fingerprint density at radius 1 is 0.929 bits per heavy atom. The molecule has 2 nitrogen and oxygen atoms in total. The first kappa shape index (κ1) is 12.0. The van der Waals surface area contributed by atoms with Crippen molar-refractivity contribution in [2.24, 2.45) is 5.73 Å². The monoisotopic (exact) mass is 198 g/mol. The second kappa shape index (κ2) is 7.24. The third-order valence-corrected chi connectivity index (χ3v) is 3.10. The number of nitrogens with two attached hydrogens (primary N) is 1. The van der Waals surface area contributed by atoms with E-state index in [4.69, 9.17) is 5.73 Å². The minimum atomic E-state index is 0.319. The molecule has 3 N–H and O–H groups in total. The van der Waals surface area contributed by atoms with Crippen LogP contribution < -0.4 is 11.1 Å². The van der Waals surface area contributed by atoms with Crippen LogP contribution in [0.5, 0.6) is 0 Å². The van der Waals surface area contributed by atoms with Gasteiger partial charge in [-0.05, 0) is 6.42 Å². The fourth-order valence-electron chi connectivity index (χ4n) is 1.95. The maximum absolute atomic E-state index is 5.65. The van der Waals surface area contributed by atoms with Gasteiger partial charge in [0.05, 0.1) is 6.17 Å². The summed E-state index contributed by atoms with van der Waals surface area (Å²) in [5.41, 5.74) is 5.65. The summed E-state index contributed by atoms with van der Waals surface area (Å²) < 4.78 is 0. The van der Waals surface area contributed by atoms with Crippen molar-refractivity contribution in [3.63, 3.8) is 0 Å². The lowest BCUT2D eigenvalue weighted by atomic mass is 10.1. The molecular formula is C12H26N2. The molecule has 1 heterocycles. The third-order valence-electron chi connectivity index (χ3n) is 3.10. The Labute approximate surface area is 88.6 Å². The molecule has 0 bridgehead atoms. The molecule has 0 aromatic heterocycles. The van der Waals surface area contributed by atoms with Crippen molar-refractivity contribution >= 4 is 0 Å². The molecule has 2 atom stereocenters. The van der Waals surface area contributed by atoms with Crippen LogP contribution in [0, 0.1) is 0 Å². The molecule has 1 rings (SSSR count). The Morgan fingerprint density at radius 3 is 1.93 bits per heavy atom. The van der Waals surface area contributed by atoms with E-state index in [2.05, 4.69) is 12.2 Å². The van der Waals surface area contributed by atoms with Crippen LogP contribution in [0.3, 0.4) is 0 Å². The SMILES string of the molecule is CCCCCCCCCCC1NC1N. The van der Waals surface area contributed by atoms with Crippen LogP contribution in [-0.4, -0.2) is 12.2 Å². The van der Waals surface area contributed by atoms with E-state index >= 15 is 0 Å². The van der Waals surface area contributed by atoms with Crippen LogP contribution in [0.4, 0.5) is 0 Å². The van der Waals surface area contributed by atoms with Crippen molar-refractivity contribution in [1.82, 2.24) is 5.32 Å². The normalized spacial score (nSPS) is 25.3. The first-order chi connectivity index (χ1) is 6.84. The maximum atomic E-state index is 5.65. The predicted molar refractivity (Wildman–Crippen MR) is 62.1 cm³/mol. The molecule has 1 aliphatic rings. The number of unbranched alkanes of at least 4 members (excludes halogenated alkanes) is 7. The summed E-state index contributed by atoms with van der Waals surface area (Å²) in [4.78, 5) is 0. The van der Waals surface area contributed by atoms with Gasteiger partial charge in [0.2, 0.25) is 0 Å². The quantitative estimate of drug-likeness (QED) is 0.442. The van der Waals surface area contributed by atoms with Gasteiger partial charge in [0.1, 0.15) is 0 Å². The van der Waals surface area contributed by atoms with E-state index in [1.807, 2.05) is 0 Å². The lowest BCUT2D eigenvalue weighted by molar-refractivity contribution is 0.561. The lowest BCUT2D eigenvalue weighted by Crippen LogP contribution is -2.05. The molecule has 0 saturated carbocycles. The van der Waals surface area contributed by atoms with Crippen molar-refractivity contribution in [3.8, 4) is 0 Å². The average molecular weight is 198 g/mol. The third kappa shape index (κ3) is 5.61. The first-order valence-electron chi connectivity index (χ1n) is 6.36. The summed E-state index contributed by atoms with van der Waals surface area (Å²) in [5, 5.41) is 3.23. The number of rotatable bonds is 9. The van der Waals surface area contributed by atoms with Gasteiger partial charge in [0.25, 0.3) is 0 Å². The van der Waals surface area contributed by atoms with Crippen LogP contribution in [0.25, 0.3) is 0 Å². The molecule has 1 aliphatic heterocycles.